The maximum atomic E-state index is 12.9. The maximum absolute atomic E-state index is 12.9. The number of rotatable bonds is 4. The number of hydrogen-bond donors (Lipinski definition) is 1. The van der Waals surface area contributed by atoms with E-state index in [4.69, 9.17) is 0 Å². The first kappa shape index (κ1) is 19.2. The van der Waals surface area contributed by atoms with Crippen LogP contribution in [0.1, 0.15) is 30.9 Å². The largest absolute Gasteiger partial charge is 0.324 e. The number of fused-ring (bicyclic) bond motifs is 1. The Labute approximate surface area is 169 Å². The Hall–Kier alpha value is -1.18. The van der Waals surface area contributed by atoms with Crippen LogP contribution >= 0.6 is 23.5 Å². The van der Waals surface area contributed by atoms with E-state index in [1.807, 2.05) is 29.7 Å². The van der Waals surface area contributed by atoms with Gasteiger partial charge in [0, 0.05) is 49.0 Å². The van der Waals surface area contributed by atoms with Gasteiger partial charge in [-0.25, -0.2) is 0 Å². The topological polar surface area (TPSA) is 52.7 Å². The van der Waals surface area contributed by atoms with Gasteiger partial charge in [0.2, 0.25) is 11.8 Å². The number of carbonyl (C=O) groups is 2. The van der Waals surface area contributed by atoms with E-state index < -0.39 is 0 Å². The summed E-state index contributed by atoms with van der Waals surface area (Å²) in [5.74, 6) is 3.14. The van der Waals surface area contributed by atoms with Gasteiger partial charge < -0.3 is 10.2 Å². The molecular weight excluding hydrogens is 378 g/mol. The maximum Gasteiger partial charge on any atom is 0.248 e. The molecule has 0 saturated carbocycles. The Kier molecular flexibility index (Phi) is 5.45. The molecule has 3 heterocycles. The number of thioether (sulfide) groups is 2. The lowest BCUT2D eigenvalue weighted by Crippen LogP contribution is -2.48. The highest BCUT2D eigenvalue weighted by Gasteiger charge is 2.52. The van der Waals surface area contributed by atoms with Crippen LogP contribution in [0.5, 0.6) is 0 Å². The minimum Gasteiger partial charge on any atom is -0.324 e. The van der Waals surface area contributed by atoms with Crippen molar-refractivity contribution in [1.82, 2.24) is 9.80 Å². The molecule has 0 bridgehead atoms. The lowest BCUT2D eigenvalue weighted by molar-refractivity contribution is -0.135. The average Bonchev–Trinajstić information content (AvgIpc) is 3.14. The summed E-state index contributed by atoms with van der Waals surface area (Å²) in [6.07, 6.45) is 1.39. The fourth-order valence-corrected chi connectivity index (χ4v) is 6.62. The zero-order valence-electron chi connectivity index (χ0n) is 16.0. The van der Waals surface area contributed by atoms with Gasteiger partial charge >= 0.3 is 0 Å². The lowest BCUT2D eigenvalue weighted by atomic mass is 10.1. The average molecular weight is 406 g/mol. The predicted octanol–water partition coefficient (Wildman–Crippen LogP) is 2.94. The summed E-state index contributed by atoms with van der Waals surface area (Å²) in [6.45, 7) is 7.37. The Morgan fingerprint density at radius 3 is 2.85 bits per heavy atom. The number of aryl methyl sites for hydroxylation is 1. The summed E-state index contributed by atoms with van der Waals surface area (Å²) in [5, 5.41) is 3.07. The fraction of sp³-hybridized carbons (Fsp3) is 0.600. The zero-order valence-corrected chi connectivity index (χ0v) is 17.6. The quantitative estimate of drug-likeness (QED) is 0.835. The standard InChI is InChI=1S/C20H27N3O2S2/c1-14-11-15(12-22-7-9-26-10-8-22)3-4-16(14)21-19(25)17-13-27-20(2)6-5-18(24)23(17)20/h3-4,11,17H,5-10,12-13H2,1-2H3,(H,21,25). The van der Waals surface area contributed by atoms with Crippen molar-refractivity contribution in [2.45, 2.75) is 44.1 Å². The summed E-state index contributed by atoms with van der Waals surface area (Å²) >= 11 is 3.75. The number of hydrogen-bond acceptors (Lipinski definition) is 5. The highest BCUT2D eigenvalue weighted by Crippen LogP contribution is 2.47. The fourth-order valence-electron chi connectivity index (χ4n) is 4.21. The van der Waals surface area contributed by atoms with E-state index in [2.05, 4.69) is 29.3 Å². The molecule has 3 aliphatic rings. The van der Waals surface area contributed by atoms with Crippen molar-refractivity contribution in [3.05, 3.63) is 29.3 Å². The molecule has 0 spiro atoms. The molecule has 1 N–H and O–H groups in total. The molecule has 2 unspecified atom stereocenters. The van der Waals surface area contributed by atoms with Gasteiger partial charge in [-0.3, -0.25) is 14.5 Å². The second-order valence-electron chi connectivity index (χ2n) is 7.79. The molecule has 1 aromatic carbocycles. The van der Waals surface area contributed by atoms with E-state index in [0.717, 1.165) is 37.3 Å². The third-order valence-electron chi connectivity index (χ3n) is 5.81. The van der Waals surface area contributed by atoms with Crippen molar-refractivity contribution < 1.29 is 9.59 Å². The van der Waals surface area contributed by atoms with Crippen LogP contribution < -0.4 is 5.32 Å². The van der Waals surface area contributed by atoms with E-state index in [0.29, 0.717) is 12.2 Å². The minimum atomic E-state index is -0.361. The van der Waals surface area contributed by atoms with Crippen LogP contribution in [0.15, 0.2) is 18.2 Å². The molecule has 2 amide bonds. The second-order valence-corrected chi connectivity index (χ2v) is 10.5. The molecule has 3 saturated heterocycles. The predicted molar refractivity (Wildman–Crippen MR) is 113 cm³/mol. The molecule has 3 fully saturated rings. The van der Waals surface area contributed by atoms with Crippen molar-refractivity contribution in [3.8, 4) is 0 Å². The van der Waals surface area contributed by atoms with Gasteiger partial charge in [0.25, 0.3) is 0 Å². The Bertz CT molecular complexity index is 751. The Balaban J connectivity index is 1.42. The molecule has 3 aliphatic heterocycles. The van der Waals surface area contributed by atoms with Crippen LogP contribution in [0.25, 0.3) is 0 Å². The van der Waals surface area contributed by atoms with E-state index in [9.17, 15) is 9.59 Å². The van der Waals surface area contributed by atoms with Crippen molar-refractivity contribution in [2.75, 3.05) is 35.7 Å². The molecule has 7 heteroatoms. The molecule has 0 aliphatic carbocycles. The summed E-state index contributed by atoms with van der Waals surface area (Å²) < 4.78 is 0. The molecule has 4 rings (SSSR count). The normalized spacial score (nSPS) is 28.4. The first-order valence-electron chi connectivity index (χ1n) is 9.63. The summed E-state index contributed by atoms with van der Waals surface area (Å²) in [5.41, 5.74) is 3.22. The van der Waals surface area contributed by atoms with Crippen molar-refractivity contribution in [2.24, 2.45) is 0 Å². The Morgan fingerprint density at radius 2 is 2.11 bits per heavy atom. The summed E-state index contributed by atoms with van der Waals surface area (Å²) in [7, 11) is 0. The summed E-state index contributed by atoms with van der Waals surface area (Å²) in [6, 6.07) is 5.93. The smallest absolute Gasteiger partial charge is 0.248 e. The van der Waals surface area contributed by atoms with E-state index >= 15 is 0 Å². The molecule has 2 atom stereocenters. The summed E-state index contributed by atoms with van der Waals surface area (Å²) in [4.78, 5) is 29.2. The van der Waals surface area contributed by atoms with Crippen LogP contribution in [0.3, 0.4) is 0 Å². The van der Waals surface area contributed by atoms with Gasteiger partial charge in [0.05, 0.1) is 4.87 Å². The number of nitrogens with one attached hydrogen (secondary N) is 1. The zero-order chi connectivity index (χ0) is 19.0. The van der Waals surface area contributed by atoms with Crippen molar-refractivity contribution in [1.29, 1.82) is 0 Å². The highest BCUT2D eigenvalue weighted by molar-refractivity contribution is 8.01. The van der Waals surface area contributed by atoms with Crippen LogP contribution in [0, 0.1) is 6.92 Å². The van der Waals surface area contributed by atoms with Crippen molar-refractivity contribution >= 4 is 41.0 Å². The van der Waals surface area contributed by atoms with Gasteiger partial charge in [0.1, 0.15) is 6.04 Å². The number of nitrogens with zero attached hydrogens (tertiary/aromatic N) is 2. The molecule has 0 aromatic heterocycles. The number of benzene rings is 1. The SMILES string of the molecule is Cc1cc(CN2CCSCC2)ccc1NC(=O)C1CSC2(C)CCC(=O)N12. The van der Waals surface area contributed by atoms with E-state index in [-0.39, 0.29) is 22.7 Å². The van der Waals surface area contributed by atoms with Crippen LogP contribution in [-0.2, 0) is 16.1 Å². The molecule has 1 aromatic rings. The first-order valence-corrected chi connectivity index (χ1v) is 11.8. The van der Waals surface area contributed by atoms with Crippen molar-refractivity contribution in [3.63, 3.8) is 0 Å². The van der Waals surface area contributed by atoms with Gasteiger partial charge in [-0.2, -0.15) is 11.8 Å². The van der Waals surface area contributed by atoms with E-state index in [1.54, 1.807) is 11.8 Å². The third-order valence-corrected chi connectivity index (χ3v) is 8.25. The number of carbonyl (C=O) groups excluding carboxylic acids is 2. The van der Waals surface area contributed by atoms with Gasteiger partial charge in [-0.1, -0.05) is 12.1 Å². The van der Waals surface area contributed by atoms with Crippen LogP contribution in [0.2, 0.25) is 0 Å². The first-order chi connectivity index (χ1) is 13.0. The number of anilines is 1. The van der Waals surface area contributed by atoms with E-state index in [1.165, 1.54) is 17.1 Å². The van der Waals surface area contributed by atoms with Crippen LogP contribution in [-0.4, -0.2) is 62.9 Å². The molecule has 5 nitrogen and oxygen atoms in total. The monoisotopic (exact) mass is 405 g/mol. The minimum absolute atomic E-state index is 0.0645. The van der Waals surface area contributed by atoms with Gasteiger partial charge in [0.15, 0.2) is 0 Å². The molecule has 27 heavy (non-hydrogen) atoms. The molecular formula is C20H27N3O2S2. The number of amides is 2. The molecule has 0 radical (unpaired) electrons. The lowest BCUT2D eigenvalue weighted by Gasteiger charge is -2.30. The van der Waals surface area contributed by atoms with Crippen LogP contribution in [0.4, 0.5) is 5.69 Å². The Morgan fingerprint density at radius 1 is 1.33 bits per heavy atom. The second kappa shape index (κ2) is 7.68. The third kappa shape index (κ3) is 3.87. The van der Waals surface area contributed by atoms with Gasteiger partial charge in [-0.15, -0.1) is 11.8 Å². The molecule has 146 valence electrons. The highest BCUT2D eigenvalue weighted by atomic mass is 32.2. The van der Waals surface area contributed by atoms with Gasteiger partial charge in [-0.05, 0) is 37.5 Å².